The second-order valence-electron chi connectivity index (χ2n) is 6.39. The first-order valence-electron chi connectivity index (χ1n) is 7.88. The number of fused-ring (bicyclic) bond motifs is 3. The van der Waals surface area contributed by atoms with E-state index in [9.17, 15) is 0 Å². The molecule has 0 amide bonds. The molecular formula is C18H20ClN3. The molecule has 22 heavy (non-hydrogen) atoms. The van der Waals surface area contributed by atoms with Gasteiger partial charge in [0.25, 0.3) is 0 Å². The largest absolute Gasteiger partial charge is 0.296 e. The Hall–Kier alpha value is -1.42. The van der Waals surface area contributed by atoms with Gasteiger partial charge in [0, 0.05) is 32.2 Å². The zero-order valence-corrected chi connectivity index (χ0v) is 13.5. The Morgan fingerprint density at radius 2 is 1.95 bits per heavy atom. The minimum Gasteiger partial charge on any atom is -0.296 e. The van der Waals surface area contributed by atoms with Gasteiger partial charge >= 0.3 is 0 Å². The van der Waals surface area contributed by atoms with Crippen LogP contribution in [0.15, 0.2) is 42.5 Å². The quantitative estimate of drug-likeness (QED) is 0.791. The Balaban J connectivity index is 1.57. The molecule has 2 aliphatic heterocycles. The van der Waals surface area contributed by atoms with Crippen LogP contribution in [0.1, 0.15) is 29.8 Å². The number of rotatable bonds is 2. The van der Waals surface area contributed by atoms with E-state index in [0.717, 1.165) is 31.9 Å². The normalized spacial score (nSPS) is 25.0. The molecule has 114 valence electrons. The van der Waals surface area contributed by atoms with E-state index in [1.807, 2.05) is 6.07 Å². The van der Waals surface area contributed by atoms with Gasteiger partial charge in [-0.2, -0.15) is 0 Å². The molecule has 2 atom stereocenters. The summed E-state index contributed by atoms with van der Waals surface area (Å²) < 4.78 is 0. The molecule has 0 radical (unpaired) electrons. The minimum absolute atomic E-state index is 0.451. The maximum absolute atomic E-state index is 6.05. The lowest BCUT2D eigenvalue weighted by atomic mass is 10.0. The summed E-state index contributed by atoms with van der Waals surface area (Å²) in [6, 6.07) is 15.8. The molecule has 2 aromatic rings. The average molecular weight is 314 g/mol. The summed E-state index contributed by atoms with van der Waals surface area (Å²) in [5, 5.41) is 0.604. The molecule has 0 spiro atoms. The van der Waals surface area contributed by atoms with Crippen LogP contribution >= 0.6 is 11.6 Å². The second kappa shape index (κ2) is 5.65. The predicted octanol–water partition coefficient (Wildman–Crippen LogP) is 3.50. The van der Waals surface area contributed by atoms with E-state index in [1.54, 1.807) is 0 Å². The van der Waals surface area contributed by atoms with Gasteiger partial charge in [0.2, 0.25) is 0 Å². The van der Waals surface area contributed by atoms with Crippen molar-refractivity contribution in [2.75, 3.05) is 13.1 Å². The fourth-order valence-electron chi connectivity index (χ4n) is 3.81. The van der Waals surface area contributed by atoms with Crippen molar-refractivity contribution >= 4 is 11.6 Å². The van der Waals surface area contributed by atoms with Gasteiger partial charge < -0.3 is 0 Å². The second-order valence-corrected chi connectivity index (χ2v) is 6.77. The first kappa shape index (κ1) is 14.2. The molecule has 1 aromatic carbocycles. The van der Waals surface area contributed by atoms with Crippen molar-refractivity contribution in [1.82, 2.24) is 14.8 Å². The van der Waals surface area contributed by atoms with Crippen molar-refractivity contribution in [3.8, 4) is 0 Å². The highest BCUT2D eigenvalue weighted by molar-refractivity contribution is 6.29. The minimum atomic E-state index is 0.451. The SMILES string of the molecule is CC1CN(Cc2ccccc2)CC2c3ccc(Cl)nc3CN12. The smallest absolute Gasteiger partial charge is 0.129 e. The van der Waals surface area contributed by atoms with Crippen LogP contribution < -0.4 is 0 Å². The van der Waals surface area contributed by atoms with Crippen LogP contribution in [0.3, 0.4) is 0 Å². The highest BCUT2D eigenvalue weighted by Crippen LogP contribution is 2.38. The number of hydrogen-bond acceptors (Lipinski definition) is 3. The zero-order chi connectivity index (χ0) is 15.1. The van der Waals surface area contributed by atoms with Gasteiger partial charge in [-0.1, -0.05) is 48.0 Å². The van der Waals surface area contributed by atoms with Crippen molar-refractivity contribution in [3.63, 3.8) is 0 Å². The number of pyridine rings is 1. The Labute approximate surface area is 136 Å². The van der Waals surface area contributed by atoms with Gasteiger partial charge in [0.15, 0.2) is 0 Å². The van der Waals surface area contributed by atoms with Gasteiger partial charge in [-0.3, -0.25) is 9.80 Å². The average Bonchev–Trinajstić information content (AvgIpc) is 2.86. The highest BCUT2D eigenvalue weighted by Gasteiger charge is 2.39. The van der Waals surface area contributed by atoms with E-state index in [0.29, 0.717) is 17.2 Å². The molecule has 1 fully saturated rings. The lowest BCUT2D eigenvalue weighted by Crippen LogP contribution is -2.50. The summed E-state index contributed by atoms with van der Waals surface area (Å²) in [6.45, 7) is 6.44. The summed E-state index contributed by atoms with van der Waals surface area (Å²) in [4.78, 5) is 9.65. The number of piperazine rings is 1. The van der Waals surface area contributed by atoms with Gasteiger partial charge in [-0.15, -0.1) is 0 Å². The first-order valence-corrected chi connectivity index (χ1v) is 8.26. The zero-order valence-electron chi connectivity index (χ0n) is 12.7. The summed E-state index contributed by atoms with van der Waals surface area (Å²) >= 11 is 6.05. The topological polar surface area (TPSA) is 19.4 Å². The van der Waals surface area contributed by atoms with E-state index in [1.165, 1.54) is 11.1 Å². The van der Waals surface area contributed by atoms with E-state index in [4.69, 9.17) is 11.6 Å². The Morgan fingerprint density at radius 1 is 1.14 bits per heavy atom. The fraction of sp³-hybridized carbons (Fsp3) is 0.389. The predicted molar refractivity (Wildman–Crippen MR) is 88.7 cm³/mol. The van der Waals surface area contributed by atoms with Crippen LogP contribution in [0, 0.1) is 0 Å². The van der Waals surface area contributed by atoms with Crippen LogP contribution in [0.4, 0.5) is 0 Å². The molecule has 0 N–H and O–H groups in total. The lowest BCUT2D eigenvalue weighted by Gasteiger charge is -2.42. The Bertz CT molecular complexity index is 673. The third-order valence-corrected chi connectivity index (χ3v) is 5.05. The number of halogens is 1. The van der Waals surface area contributed by atoms with Crippen LogP contribution in [0.25, 0.3) is 0 Å². The molecule has 2 aliphatic rings. The standard InChI is InChI=1S/C18H20ClN3/c1-13-9-21(10-14-5-3-2-4-6-14)12-17-15-7-8-18(19)20-16(15)11-22(13)17/h2-8,13,17H,9-12H2,1H3. The molecule has 1 saturated heterocycles. The molecule has 3 nitrogen and oxygen atoms in total. The monoisotopic (exact) mass is 313 g/mol. The summed E-state index contributed by atoms with van der Waals surface area (Å²) in [5.41, 5.74) is 3.90. The van der Waals surface area contributed by atoms with Crippen molar-refractivity contribution in [2.24, 2.45) is 0 Å². The van der Waals surface area contributed by atoms with E-state index in [-0.39, 0.29) is 0 Å². The van der Waals surface area contributed by atoms with Crippen LogP contribution in [0.5, 0.6) is 0 Å². The summed E-state index contributed by atoms with van der Waals surface area (Å²) in [5.74, 6) is 0. The van der Waals surface area contributed by atoms with Gasteiger partial charge in [0.05, 0.1) is 11.7 Å². The molecule has 0 aliphatic carbocycles. The summed E-state index contributed by atoms with van der Waals surface area (Å²) in [7, 11) is 0. The highest BCUT2D eigenvalue weighted by atomic mass is 35.5. The van der Waals surface area contributed by atoms with E-state index >= 15 is 0 Å². The van der Waals surface area contributed by atoms with Crippen molar-refractivity contribution in [3.05, 3.63) is 64.4 Å². The lowest BCUT2D eigenvalue weighted by molar-refractivity contribution is 0.0336. The first-order chi connectivity index (χ1) is 10.7. The molecular weight excluding hydrogens is 294 g/mol. The maximum Gasteiger partial charge on any atom is 0.129 e. The van der Waals surface area contributed by atoms with Crippen LogP contribution in [-0.4, -0.2) is 33.9 Å². The molecule has 2 unspecified atom stereocenters. The van der Waals surface area contributed by atoms with E-state index < -0.39 is 0 Å². The molecule has 0 saturated carbocycles. The van der Waals surface area contributed by atoms with Gasteiger partial charge in [-0.05, 0) is 24.1 Å². The summed E-state index contributed by atoms with van der Waals surface area (Å²) in [6.07, 6.45) is 0. The fourth-order valence-corrected chi connectivity index (χ4v) is 3.98. The molecule has 1 aromatic heterocycles. The van der Waals surface area contributed by atoms with E-state index in [2.05, 4.69) is 58.1 Å². The third-order valence-electron chi connectivity index (χ3n) is 4.84. The number of nitrogens with zero attached hydrogens (tertiary/aromatic N) is 3. The third kappa shape index (κ3) is 2.54. The van der Waals surface area contributed by atoms with Crippen LogP contribution in [-0.2, 0) is 13.1 Å². The van der Waals surface area contributed by atoms with Gasteiger partial charge in [-0.25, -0.2) is 4.98 Å². The Kier molecular flexibility index (Phi) is 3.65. The molecule has 4 rings (SSSR count). The molecule has 0 bridgehead atoms. The van der Waals surface area contributed by atoms with Crippen molar-refractivity contribution in [1.29, 1.82) is 0 Å². The van der Waals surface area contributed by atoms with Gasteiger partial charge in [0.1, 0.15) is 5.15 Å². The van der Waals surface area contributed by atoms with Crippen molar-refractivity contribution in [2.45, 2.75) is 32.1 Å². The van der Waals surface area contributed by atoms with Crippen molar-refractivity contribution < 1.29 is 0 Å². The number of hydrogen-bond donors (Lipinski definition) is 0. The molecule has 3 heterocycles. The maximum atomic E-state index is 6.05. The Morgan fingerprint density at radius 3 is 2.77 bits per heavy atom. The number of benzene rings is 1. The van der Waals surface area contributed by atoms with Crippen LogP contribution in [0.2, 0.25) is 5.15 Å². The molecule has 4 heteroatoms. The number of aromatic nitrogens is 1.